The van der Waals surface area contributed by atoms with E-state index in [1.54, 1.807) is 6.92 Å². The van der Waals surface area contributed by atoms with Gasteiger partial charge in [0.05, 0.1) is 0 Å². The van der Waals surface area contributed by atoms with Gasteiger partial charge in [-0.3, -0.25) is 4.79 Å². The Labute approximate surface area is 131 Å². The van der Waals surface area contributed by atoms with Gasteiger partial charge in [-0.2, -0.15) is 0 Å². The molecule has 0 saturated carbocycles. The molecule has 3 rings (SSSR count). The molecule has 6 heteroatoms. The van der Waals surface area contributed by atoms with Crippen LogP contribution in [-0.2, 0) is 0 Å². The molecule has 0 bridgehead atoms. The Bertz CT molecular complexity index is 631. The molecule has 0 unspecified atom stereocenters. The van der Waals surface area contributed by atoms with E-state index in [0.29, 0.717) is 11.8 Å². The minimum atomic E-state index is 0.0858. The first-order valence-electron chi connectivity index (χ1n) is 6.98. The summed E-state index contributed by atoms with van der Waals surface area (Å²) in [5.74, 6) is 1.64. The molecule has 21 heavy (non-hydrogen) atoms. The van der Waals surface area contributed by atoms with Gasteiger partial charge in [-0.05, 0) is 37.1 Å². The van der Waals surface area contributed by atoms with Crippen LogP contribution in [0.5, 0.6) is 0 Å². The lowest BCUT2D eigenvalue weighted by Gasteiger charge is -2.30. The van der Waals surface area contributed by atoms with E-state index in [-0.39, 0.29) is 11.8 Å². The summed E-state index contributed by atoms with van der Waals surface area (Å²) >= 11 is 3.38. The van der Waals surface area contributed by atoms with Gasteiger partial charge >= 0.3 is 0 Å². The van der Waals surface area contributed by atoms with Gasteiger partial charge in [0.25, 0.3) is 5.91 Å². The van der Waals surface area contributed by atoms with Crippen molar-refractivity contribution < 1.29 is 9.21 Å². The van der Waals surface area contributed by atoms with E-state index >= 15 is 0 Å². The van der Waals surface area contributed by atoms with Crippen LogP contribution in [-0.4, -0.2) is 34.1 Å². The fourth-order valence-corrected chi connectivity index (χ4v) is 2.85. The topological polar surface area (TPSA) is 59.2 Å². The van der Waals surface area contributed by atoms with Crippen LogP contribution in [0, 0.1) is 6.92 Å². The number of aromatic nitrogens is 2. The van der Waals surface area contributed by atoms with Crippen molar-refractivity contribution in [1.29, 1.82) is 0 Å². The first-order valence-corrected chi connectivity index (χ1v) is 7.77. The highest BCUT2D eigenvalue weighted by Gasteiger charge is 2.27. The summed E-state index contributed by atoms with van der Waals surface area (Å²) in [6.45, 7) is 3.24. The molecule has 1 aromatic heterocycles. The Balaban J connectivity index is 1.63. The van der Waals surface area contributed by atoms with E-state index in [1.165, 1.54) is 0 Å². The standard InChI is InChI=1S/C15H16BrN3O2/c1-10-17-18-14(21-10)11-6-8-19(9-7-11)15(20)12-2-4-13(16)5-3-12/h2-5,11H,6-9H2,1H3. The summed E-state index contributed by atoms with van der Waals surface area (Å²) in [4.78, 5) is 14.3. The molecule has 1 fully saturated rings. The highest BCUT2D eigenvalue weighted by molar-refractivity contribution is 9.10. The number of hydrogen-bond donors (Lipinski definition) is 0. The number of aryl methyl sites for hydroxylation is 1. The van der Waals surface area contributed by atoms with Gasteiger partial charge in [-0.1, -0.05) is 15.9 Å². The maximum Gasteiger partial charge on any atom is 0.253 e. The first-order chi connectivity index (χ1) is 10.1. The molecule has 5 nitrogen and oxygen atoms in total. The zero-order valence-electron chi connectivity index (χ0n) is 11.8. The number of piperidine rings is 1. The smallest absolute Gasteiger partial charge is 0.253 e. The van der Waals surface area contributed by atoms with Crippen molar-refractivity contribution in [3.05, 3.63) is 46.1 Å². The molecule has 1 aromatic carbocycles. The molecular formula is C15H16BrN3O2. The van der Waals surface area contributed by atoms with Gasteiger partial charge in [-0.25, -0.2) is 0 Å². The number of rotatable bonds is 2. The molecule has 1 aliphatic heterocycles. The molecule has 110 valence electrons. The molecule has 0 radical (unpaired) electrons. The van der Waals surface area contributed by atoms with Crippen molar-refractivity contribution in [3.8, 4) is 0 Å². The Morgan fingerprint density at radius 3 is 2.48 bits per heavy atom. The molecular weight excluding hydrogens is 334 g/mol. The van der Waals surface area contributed by atoms with Crippen LogP contribution in [0.1, 0.15) is 40.9 Å². The third-order valence-corrected chi connectivity index (χ3v) is 4.29. The van der Waals surface area contributed by atoms with Crippen molar-refractivity contribution in [3.63, 3.8) is 0 Å². The van der Waals surface area contributed by atoms with Crippen molar-refractivity contribution >= 4 is 21.8 Å². The second-order valence-corrected chi connectivity index (χ2v) is 6.15. The van der Waals surface area contributed by atoms with Crippen LogP contribution in [0.15, 0.2) is 33.2 Å². The molecule has 0 aliphatic carbocycles. The average Bonchev–Trinajstić information content (AvgIpc) is 2.94. The van der Waals surface area contributed by atoms with E-state index in [4.69, 9.17) is 4.42 Å². The predicted octanol–water partition coefficient (Wildman–Crippen LogP) is 3.16. The van der Waals surface area contributed by atoms with Crippen LogP contribution in [0.25, 0.3) is 0 Å². The summed E-state index contributed by atoms with van der Waals surface area (Å²) < 4.78 is 6.46. The van der Waals surface area contributed by atoms with Crippen molar-refractivity contribution in [2.24, 2.45) is 0 Å². The molecule has 1 saturated heterocycles. The summed E-state index contributed by atoms with van der Waals surface area (Å²) in [6, 6.07) is 7.47. The lowest BCUT2D eigenvalue weighted by molar-refractivity contribution is 0.0706. The largest absolute Gasteiger partial charge is 0.425 e. The van der Waals surface area contributed by atoms with Gasteiger partial charge in [0.1, 0.15) is 0 Å². The molecule has 1 amide bonds. The fraction of sp³-hybridized carbons (Fsp3) is 0.400. The van der Waals surface area contributed by atoms with Gasteiger partial charge in [-0.15, -0.1) is 10.2 Å². The number of likely N-dealkylation sites (tertiary alicyclic amines) is 1. The SMILES string of the molecule is Cc1nnc(C2CCN(C(=O)c3ccc(Br)cc3)CC2)o1. The molecule has 0 atom stereocenters. The van der Waals surface area contributed by atoms with Gasteiger partial charge in [0, 0.05) is 36.0 Å². The maximum absolute atomic E-state index is 12.4. The predicted molar refractivity (Wildman–Crippen MR) is 81.1 cm³/mol. The van der Waals surface area contributed by atoms with Crippen molar-refractivity contribution in [2.45, 2.75) is 25.7 Å². The van der Waals surface area contributed by atoms with Gasteiger partial charge < -0.3 is 9.32 Å². The zero-order valence-corrected chi connectivity index (χ0v) is 13.3. The summed E-state index contributed by atoms with van der Waals surface area (Å²) in [5.41, 5.74) is 0.727. The Morgan fingerprint density at radius 1 is 1.24 bits per heavy atom. The van der Waals surface area contributed by atoms with E-state index < -0.39 is 0 Å². The van der Waals surface area contributed by atoms with E-state index in [9.17, 15) is 4.79 Å². The second-order valence-electron chi connectivity index (χ2n) is 5.23. The number of nitrogens with zero attached hydrogens (tertiary/aromatic N) is 3. The number of benzene rings is 1. The summed E-state index contributed by atoms with van der Waals surface area (Å²) in [7, 11) is 0. The molecule has 2 heterocycles. The molecule has 2 aromatic rings. The van der Waals surface area contributed by atoms with Crippen LogP contribution in [0.2, 0.25) is 0 Å². The Kier molecular flexibility index (Phi) is 4.05. The normalized spacial score (nSPS) is 16.2. The van der Waals surface area contributed by atoms with Crippen LogP contribution in [0.3, 0.4) is 0 Å². The minimum absolute atomic E-state index is 0.0858. The highest BCUT2D eigenvalue weighted by Crippen LogP contribution is 2.27. The minimum Gasteiger partial charge on any atom is -0.425 e. The lowest BCUT2D eigenvalue weighted by atomic mass is 9.96. The maximum atomic E-state index is 12.4. The van der Waals surface area contributed by atoms with Crippen LogP contribution >= 0.6 is 15.9 Å². The Morgan fingerprint density at radius 2 is 1.90 bits per heavy atom. The third-order valence-electron chi connectivity index (χ3n) is 3.76. The van der Waals surface area contributed by atoms with E-state index in [1.807, 2.05) is 29.2 Å². The average molecular weight is 350 g/mol. The zero-order chi connectivity index (χ0) is 14.8. The number of hydrogen-bond acceptors (Lipinski definition) is 4. The summed E-state index contributed by atoms with van der Waals surface area (Å²) in [6.07, 6.45) is 1.73. The fourth-order valence-electron chi connectivity index (χ4n) is 2.58. The molecule has 0 N–H and O–H groups in total. The number of halogens is 1. The molecule has 1 aliphatic rings. The highest BCUT2D eigenvalue weighted by atomic mass is 79.9. The van der Waals surface area contributed by atoms with Crippen molar-refractivity contribution in [2.75, 3.05) is 13.1 Å². The number of carbonyl (C=O) groups is 1. The number of carbonyl (C=O) groups excluding carboxylic acids is 1. The van der Waals surface area contributed by atoms with Crippen molar-refractivity contribution in [1.82, 2.24) is 15.1 Å². The monoisotopic (exact) mass is 349 g/mol. The second kappa shape index (κ2) is 5.97. The number of amides is 1. The van der Waals surface area contributed by atoms with Crippen LogP contribution < -0.4 is 0 Å². The third kappa shape index (κ3) is 3.15. The van der Waals surface area contributed by atoms with Crippen LogP contribution in [0.4, 0.5) is 0 Å². The molecule has 0 spiro atoms. The summed E-state index contributed by atoms with van der Waals surface area (Å²) in [5, 5.41) is 7.95. The van der Waals surface area contributed by atoms with E-state index in [0.717, 1.165) is 36.0 Å². The van der Waals surface area contributed by atoms with E-state index in [2.05, 4.69) is 26.1 Å². The first kappa shape index (κ1) is 14.3. The van der Waals surface area contributed by atoms with Gasteiger partial charge in [0.2, 0.25) is 11.8 Å². The Hall–Kier alpha value is -1.69. The van der Waals surface area contributed by atoms with Gasteiger partial charge in [0.15, 0.2) is 0 Å². The quantitative estimate of drug-likeness (QED) is 0.835. The lowest BCUT2D eigenvalue weighted by Crippen LogP contribution is -2.38.